The Labute approximate surface area is 234 Å². The van der Waals surface area contributed by atoms with E-state index in [-0.39, 0.29) is 47.8 Å². The van der Waals surface area contributed by atoms with E-state index in [1.165, 1.54) is 0 Å². The maximum atomic E-state index is 13.6. The van der Waals surface area contributed by atoms with Crippen LogP contribution in [0, 0.1) is 5.92 Å². The van der Waals surface area contributed by atoms with Crippen LogP contribution in [0.3, 0.4) is 0 Å². The molecule has 0 amide bonds. The molecule has 0 radical (unpaired) electrons. The van der Waals surface area contributed by atoms with Crippen molar-refractivity contribution in [3.05, 3.63) is 58.9 Å². The molecule has 5 atom stereocenters. The highest BCUT2D eigenvalue weighted by molar-refractivity contribution is 7.48. The predicted molar refractivity (Wildman–Crippen MR) is 153 cm³/mol. The van der Waals surface area contributed by atoms with Gasteiger partial charge in [-0.1, -0.05) is 27.4 Å². The molecular weight excluding hydrogens is 551 g/mol. The zero-order chi connectivity index (χ0) is 28.9. The Morgan fingerprint density at radius 2 is 2.02 bits per heavy atom. The van der Waals surface area contributed by atoms with Gasteiger partial charge in [0.15, 0.2) is 19.5 Å². The number of nitrogens with two attached hydrogens (primary N) is 1. The van der Waals surface area contributed by atoms with E-state index in [0.29, 0.717) is 18.5 Å². The molecule has 3 aromatic heterocycles. The number of nitrogens with zero attached hydrogens (tertiary/aromatic N) is 4. The Balaban J connectivity index is 1.41. The number of nitrogens with one attached hydrogen (secondary N) is 1. The molecule has 0 bridgehead atoms. The average molecular weight is 589 g/mol. The molecule has 1 aliphatic heterocycles. The van der Waals surface area contributed by atoms with E-state index in [9.17, 15) is 9.36 Å². The minimum absolute atomic E-state index is 0.00487. The van der Waals surface area contributed by atoms with Gasteiger partial charge in [-0.2, -0.15) is 4.98 Å². The number of H-pyrrole nitrogens is 1. The lowest BCUT2D eigenvalue weighted by atomic mass is 10.0. The number of hydrogen-bond donors (Lipinski definition) is 2. The van der Waals surface area contributed by atoms with E-state index in [4.69, 9.17) is 23.7 Å². The van der Waals surface area contributed by atoms with Crippen LogP contribution in [-0.2, 0) is 22.6 Å². The standard InChI is InChI=1S/C26H37N6O6PSi/c1-16-18(14-36-39(34)35-12-9-20(37-39)17-7-10-28-11-8-17)21(38-40(5,6)26(2,3)4)13-19(16)32-15-29-22-23(32)30-25(27)31-24(22)33/h7-8,10-11,15,18-21H,1,9,12-14H2,2-6H3,(H3,27,30,31,33)/t18-,19?,20+,21-,39-/m0/s1. The highest BCUT2D eigenvalue weighted by Crippen LogP contribution is 2.58. The van der Waals surface area contributed by atoms with E-state index >= 15 is 0 Å². The van der Waals surface area contributed by atoms with Crippen molar-refractivity contribution < 1.29 is 22.6 Å². The first kappa shape index (κ1) is 28.8. The van der Waals surface area contributed by atoms with E-state index in [0.717, 1.165) is 11.1 Å². The van der Waals surface area contributed by atoms with Crippen molar-refractivity contribution in [2.45, 2.75) is 70.0 Å². The molecule has 4 heterocycles. The number of nitrogen functional groups attached to an aromatic ring is 1. The molecule has 1 aliphatic carbocycles. The summed E-state index contributed by atoms with van der Waals surface area (Å²) >= 11 is 0. The average Bonchev–Trinajstić information content (AvgIpc) is 3.43. The molecule has 0 spiro atoms. The third kappa shape index (κ3) is 5.59. The van der Waals surface area contributed by atoms with E-state index in [1.54, 1.807) is 23.3 Å². The molecule has 1 saturated heterocycles. The number of fused-ring (bicyclic) bond motifs is 1. The maximum absolute atomic E-state index is 13.6. The number of anilines is 1. The van der Waals surface area contributed by atoms with Gasteiger partial charge in [0, 0.05) is 24.7 Å². The van der Waals surface area contributed by atoms with Crippen LogP contribution in [0.2, 0.25) is 18.1 Å². The second-order valence-corrected chi connectivity index (χ2v) is 18.2. The quantitative estimate of drug-likeness (QED) is 0.221. The molecule has 0 aromatic carbocycles. The van der Waals surface area contributed by atoms with Gasteiger partial charge >= 0.3 is 7.82 Å². The number of phosphoric acid groups is 1. The number of aromatic nitrogens is 5. The number of pyridine rings is 1. The van der Waals surface area contributed by atoms with Gasteiger partial charge in [0.1, 0.15) is 0 Å². The second kappa shape index (κ2) is 10.6. The fourth-order valence-electron chi connectivity index (χ4n) is 4.94. The van der Waals surface area contributed by atoms with E-state index in [1.807, 2.05) is 12.1 Å². The highest BCUT2D eigenvalue weighted by atomic mass is 31.2. The van der Waals surface area contributed by atoms with Crippen molar-refractivity contribution in [3.63, 3.8) is 0 Å². The van der Waals surface area contributed by atoms with Gasteiger partial charge in [-0.3, -0.25) is 28.3 Å². The Morgan fingerprint density at radius 3 is 2.73 bits per heavy atom. The van der Waals surface area contributed by atoms with Crippen LogP contribution < -0.4 is 11.3 Å². The van der Waals surface area contributed by atoms with Crippen LogP contribution in [0.4, 0.5) is 5.95 Å². The minimum atomic E-state index is -3.86. The summed E-state index contributed by atoms with van der Waals surface area (Å²) < 4.78 is 39.6. The minimum Gasteiger partial charge on any atom is -0.413 e. The molecule has 14 heteroatoms. The van der Waals surface area contributed by atoms with Crippen LogP contribution in [0.1, 0.15) is 51.3 Å². The molecule has 5 rings (SSSR count). The topological polar surface area (TPSA) is 156 Å². The molecule has 3 aromatic rings. The summed E-state index contributed by atoms with van der Waals surface area (Å²) in [6, 6.07) is 3.36. The third-order valence-electron chi connectivity index (χ3n) is 8.22. The molecule has 1 unspecified atom stereocenters. The normalized spacial score (nSPS) is 27.9. The van der Waals surface area contributed by atoms with E-state index in [2.05, 4.69) is 60.4 Å². The smallest absolute Gasteiger partial charge is 0.413 e. The lowest BCUT2D eigenvalue weighted by molar-refractivity contribution is 0.0175. The van der Waals surface area contributed by atoms with Crippen molar-refractivity contribution in [2.75, 3.05) is 18.9 Å². The van der Waals surface area contributed by atoms with Gasteiger partial charge in [0.05, 0.1) is 37.8 Å². The number of imidazole rings is 1. The third-order valence-corrected chi connectivity index (χ3v) is 14.2. The molecule has 1 saturated carbocycles. The van der Waals surface area contributed by atoms with Crippen molar-refractivity contribution in [2.24, 2.45) is 5.92 Å². The van der Waals surface area contributed by atoms with Gasteiger partial charge in [0.2, 0.25) is 5.95 Å². The molecule has 2 fully saturated rings. The largest absolute Gasteiger partial charge is 0.475 e. The summed E-state index contributed by atoms with van der Waals surface area (Å²) in [6.45, 7) is 15.6. The zero-order valence-electron chi connectivity index (χ0n) is 23.5. The number of rotatable bonds is 7. The van der Waals surface area contributed by atoms with Gasteiger partial charge in [0.25, 0.3) is 5.56 Å². The summed E-state index contributed by atoms with van der Waals surface area (Å²) in [5.41, 5.74) is 7.64. The van der Waals surface area contributed by atoms with Crippen LogP contribution in [0.15, 0.2) is 47.8 Å². The Hall–Kier alpha value is -2.67. The fourth-order valence-corrected chi connectivity index (χ4v) is 7.72. The van der Waals surface area contributed by atoms with Crippen molar-refractivity contribution >= 4 is 33.3 Å². The SMILES string of the molecule is C=C1C(n2cnc3c(=O)[nH]c(N)nc32)C[C@H](O[Si](C)(C)C(C)(C)C)[C@H]1CO[P@]1(=O)OCC[C@H](c2ccncc2)O1. The van der Waals surface area contributed by atoms with Gasteiger partial charge in [-0.15, -0.1) is 0 Å². The van der Waals surface area contributed by atoms with Crippen LogP contribution in [0.25, 0.3) is 11.2 Å². The van der Waals surface area contributed by atoms with Crippen LogP contribution in [-0.4, -0.2) is 52.1 Å². The van der Waals surface area contributed by atoms with Gasteiger partial charge in [-0.25, -0.2) is 9.55 Å². The summed E-state index contributed by atoms with van der Waals surface area (Å²) in [5, 5.41) is -0.0387. The molecule has 12 nitrogen and oxygen atoms in total. The van der Waals surface area contributed by atoms with Crippen molar-refractivity contribution in [1.29, 1.82) is 0 Å². The molecule has 216 valence electrons. The predicted octanol–water partition coefficient (Wildman–Crippen LogP) is 4.91. The Kier molecular flexibility index (Phi) is 7.66. The molecular formula is C26H37N6O6PSi. The molecule has 3 N–H and O–H groups in total. The first-order chi connectivity index (χ1) is 18.8. The van der Waals surface area contributed by atoms with E-state index < -0.39 is 27.8 Å². The van der Waals surface area contributed by atoms with Gasteiger partial charge < -0.3 is 14.7 Å². The zero-order valence-corrected chi connectivity index (χ0v) is 25.4. The summed E-state index contributed by atoms with van der Waals surface area (Å²) in [7, 11) is -6.07. The summed E-state index contributed by atoms with van der Waals surface area (Å²) in [6.07, 6.45) is 5.29. The fraction of sp³-hybridized carbons (Fsp3) is 0.538. The first-order valence-corrected chi connectivity index (χ1v) is 17.7. The van der Waals surface area contributed by atoms with Gasteiger partial charge in [-0.05, 0) is 47.8 Å². The number of phosphoric ester groups is 1. The molecule has 40 heavy (non-hydrogen) atoms. The number of hydrogen-bond acceptors (Lipinski definition) is 10. The highest BCUT2D eigenvalue weighted by Gasteiger charge is 2.47. The van der Waals surface area contributed by atoms with Crippen LogP contribution in [0.5, 0.6) is 0 Å². The second-order valence-electron chi connectivity index (χ2n) is 11.9. The van der Waals surface area contributed by atoms with Crippen LogP contribution >= 0.6 is 7.82 Å². The maximum Gasteiger partial charge on any atom is 0.475 e. The Bertz CT molecular complexity index is 1500. The van der Waals surface area contributed by atoms with Crippen molar-refractivity contribution in [1.82, 2.24) is 24.5 Å². The molecule has 2 aliphatic rings. The van der Waals surface area contributed by atoms with Crippen molar-refractivity contribution in [3.8, 4) is 0 Å². The summed E-state index contributed by atoms with van der Waals surface area (Å²) in [4.78, 5) is 27.5. The lowest BCUT2D eigenvalue weighted by Gasteiger charge is -2.40. The summed E-state index contributed by atoms with van der Waals surface area (Å²) in [5.74, 6) is -0.319. The first-order valence-electron chi connectivity index (χ1n) is 13.3. The number of aromatic amines is 1. The monoisotopic (exact) mass is 588 g/mol. The lowest BCUT2D eigenvalue weighted by Crippen LogP contribution is -2.45. The Morgan fingerprint density at radius 1 is 1.30 bits per heavy atom.